The first-order chi connectivity index (χ1) is 8.67. The van der Waals surface area contributed by atoms with Gasteiger partial charge in [0.25, 0.3) is 5.91 Å². The van der Waals surface area contributed by atoms with Crippen molar-refractivity contribution >= 4 is 21.8 Å². The van der Waals surface area contributed by atoms with Crippen molar-refractivity contribution in [1.82, 2.24) is 10.3 Å². The highest BCUT2D eigenvalue weighted by atomic mass is 79.9. The Balaban J connectivity index is 2.49. The number of halogens is 1. The molecule has 0 saturated carbocycles. The first-order valence-electron chi connectivity index (χ1n) is 5.79. The van der Waals surface area contributed by atoms with Crippen molar-refractivity contribution in [2.45, 2.75) is 20.1 Å². The van der Waals surface area contributed by atoms with Gasteiger partial charge in [0.2, 0.25) is 0 Å². The molecule has 100 valence electrons. The fraction of sp³-hybridized carbons (Fsp3) is 0.500. The van der Waals surface area contributed by atoms with Crippen LogP contribution in [0.1, 0.15) is 24.2 Å². The van der Waals surface area contributed by atoms with Gasteiger partial charge in [-0.1, -0.05) is 0 Å². The highest BCUT2D eigenvalue weighted by Gasteiger charge is 2.11. The molecule has 0 aliphatic rings. The van der Waals surface area contributed by atoms with Gasteiger partial charge in [-0.15, -0.1) is 0 Å². The van der Waals surface area contributed by atoms with Crippen molar-refractivity contribution in [2.24, 2.45) is 0 Å². The predicted octanol–water partition coefficient (Wildman–Crippen LogP) is 1.97. The lowest BCUT2D eigenvalue weighted by atomic mass is 10.3. The molecule has 0 spiro atoms. The van der Waals surface area contributed by atoms with Crippen LogP contribution in [0.3, 0.4) is 0 Å². The molecule has 6 heteroatoms. The van der Waals surface area contributed by atoms with Gasteiger partial charge in [0.15, 0.2) is 6.29 Å². The Morgan fingerprint density at radius 2 is 2.06 bits per heavy atom. The number of carbonyl (C=O) groups is 1. The number of ether oxygens (including phenoxy) is 2. The van der Waals surface area contributed by atoms with Gasteiger partial charge in [-0.25, -0.2) is 0 Å². The molecular weight excluding hydrogens is 300 g/mol. The van der Waals surface area contributed by atoms with E-state index in [0.29, 0.717) is 25.3 Å². The van der Waals surface area contributed by atoms with Crippen LogP contribution in [-0.2, 0) is 9.47 Å². The smallest absolute Gasteiger partial charge is 0.253 e. The van der Waals surface area contributed by atoms with Crippen LogP contribution in [0.4, 0.5) is 0 Å². The van der Waals surface area contributed by atoms with Crippen LogP contribution in [-0.4, -0.2) is 36.9 Å². The first kappa shape index (κ1) is 15.1. The largest absolute Gasteiger partial charge is 0.351 e. The maximum absolute atomic E-state index is 11.8. The molecule has 18 heavy (non-hydrogen) atoms. The van der Waals surface area contributed by atoms with Gasteiger partial charge < -0.3 is 14.8 Å². The van der Waals surface area contributed by atoms with E-state index >= 15 is 0 Å². The molecule has 0 unspecified atom stereocenters. The lowest BCUT2D eigenvalue weighted by Gasteiger charge is -2.17. The Kier molecular flexibility index (Phi) is 6.85. The summed E-state index contributed by atoms with van der Waals surface area (Å²) in [5.41, 5.74) is 0.496. The van der Waals surface area contributed by atoms with Crippen LogP contribution in [0.5, 0.6) is 0 Å². The highest BCUT2D eigenvalue weighted by molar-refractivity contribution is 9.10. The van der Waals surface area contributed by atoms with E-state index < -0.39 is 6.29 Å². The Hall–Kier alpha value is -0.980. The molecule has 0 fully saturated rings. The molecule has 0 radical (unpaired) electrons. The summed E-state index contributed by atoms with van der Waals surface area (Å²) in [6, 6.07) is 1.71. The van der Waals surface area contributed by atoms with Crippen molar-refractivity contribution in [2.75, 3.05) is 19.8 Å². The summed E-state index contributed by atoms with van der Waals surface area (Å²) < 4.78 is 11.4. The maximum Gasteiger partial charge on any atom is 0.253 e. The lowest BCUT2D eigenvalue weighted by molar-refractivity contribution is -0.131. The van der Waals surface area contributed by atoms with Crippen LogP contribution in [0, 0.1) is 0 Å². The van der Waals surface area contributed by atoms with Crippen LogP contribution < -0.4 is 5.32 Å². The third kappa shape index (κ3) is 5.12. The molecule has 0 aliphatic heterocycles. The van der Waals surface area contributed by atoms with Gasteiger partial charge in [0, 0.05) is 30.1 Å². The van der Waals surface area contributed by atoms with Gasteiger partial charge in [-0.2, -0.15) is 0 Å². The zero-order valence-corrected chi connectivity index (χ0v) is 12.1. The van der Waals surface area contributed by atoms with Crippen LogP contribution >= 0.6 is 15.9 Å². The molecule has 1 amide bonds. The second-order valence-electron chi connectivity index (χ2n) is 3.44. The zero-order valence-electron chi connectivity index (χ0n) is 10.5. The topological polar surface area (TPSA) is 60.5 Å². The van der Waals surface area contributed by atoms with E-state index in [4.69, 9.17) is 9.47 Å². The molecule has 1 aromatic heterocycles. The molecular formula is C12H17BrN2O3. The minimum absolute atomic E-state index is 0.201. The van der Waals surface area contributed by atoms with Gasteiger partial charge in [0.05, 0.1) is 12.1 Å². The number of nitrogens with zero attached hydrogens (tertiary/aromatic N) is 1. The summed E-state index contributed by atoms with van der Waals surface area (Å²) in [5.74, 6) is -0.201. The normalized spacial score (nSPS) is 10.7. The quantitative estimate of drug-likeness (QED) is 0.781. The number of carbonyl (C=O) groups excluding carboxylic acids is 1. The van der Waals surface area contributed by atoms with Gasteiger partial charge in [0.1, 0.15) is 0 Å². The highest BCUT2D eigenvalue weighted by Crippen LogP contribution is 2.09. The molecule has 1 aromatic rings. The number of hydrogen-bond acceptors (Lipinski definition) is 4. The van der Waals surface area contributed by atoms with Crippen molar-refractivity contribution in [3.05, 3.63) is 28.5 Å². The third-order valence-electron chi connectivity index (χ3n) is 2.10. The predicted molar refractivity (Wildman–Crippen MR) is 71.3 cm³/mol. The second-order valence-corrected chi connectivity index (χ2v) is 4.36. The van der Waals surface area contributed by atoms with Crippen LogP contribution in [0.15, 0.2) is 22.9 Å². The monoisotopic (exact) mass is 316 g/mol. The van der Waals surface area contributed by atoms with Gasteiger partial charge in [-0.05, 0) is 35.8 Å². The minimum atomic E-state index is -0.413. The van der Waals surface area contributed by atoms with E-state index in [0.717, 1.165) is 4.47 Å². The molecule has 0 atom stereocenters. The number of hydrogen-bond donors (Lipinski definition) is 1. The summed E-state index contributed by atoms with van der Waals surface area (Å²) in [4.78, 5) is 15.8. The van der Waals surface area contributed by atoms with E-state index in [9.17, 15) is 4.79 Å². The molecule has 1 heterocycles. The van der Waals surface area contributed by atoms with Gasteiger partial charge in [-0.3, -0.25) is 9.78 Å². The molecule has 0 bridgehead atoms. The van der Waals surface area contributed by atoms with Gasteiger partial charge >= 0.3 is 0 Å². The number of aromatic nitrogens is 1. The van der Waals surface area contributed by atoms with Crippen molar-refractivity contribution in [1.29, 1.82) is 0 Å². The standard InChI is InChI=1S/C12H17BrN2O3/c1-3-17-11(18-4-2)8-15-12(16)9-5-10(13)7-14-6-9/h5-7,11H,3-4,8H2,1-2H3,(H,15,16). The summed E-state index contributed by atoms with van der Waals surface area (Å²) in [6.07, 6.45) is 2.72. The maximum atomic E-state index is 11.8. The molecule has 1 rings (SSSR count). The molecule has 0 aliphatic carbocycles. The summed E-state index contributed by atoms with van der Waals surface area (Å²) in [7, 11) is 0. The van der Waals surface area contributed by atoms with E-state index in [2.05, 4.69) is 26.2 Å². The van der Waals surface area contributed by atoms with E-state index in [1.54, 1.807) is 12.3 Å². The first-order valence-corrected chi connectivity index (χ1v) is 6.58. The van der Waals surface area contributed by atoms with Crippen LogP contribution in [0.2, 0.25) is 0 Å². The number of pyridine rings is 1. The fourth-order valence-electron chi connectivity index (χ4n) is 1.35. The number of rotatable bonds is 7. The average Bonchev–Trinajstić information content (AvgIpc) is 2.36. The van der Waals surface area contributed by atoms with E-state index in [1.165, 1.54) is 6.20 Å². The van der Waals surface area contributed by atoms with Crippen molar-refractivity contribution in [3.8, 4) is 0 Å². The summed E-state index contributed by atoms with van der Waals surface area (Å²) in [6.45, 7) is 5.16. The second kappa shape index (κ2) is 8.18. The Morgan fingerprint density at radius 1 is 1.39 bits per heavy atom. The molecule has 5 nitrogen and oxygen atoms in total. The number of nitrogens with one attached hydrogen (secondary N) is 1. The van der Waals surface area contributed by atoms with E-state index in [1.807, 2.05) is 13.8 Å². The van der Waals surface area contributed by atoms with Crippen molar-refractivity contribution < 1.29 is 14.3 Å². The molecule has 1 N–H and O–H groups in total. The number of amides is 1. The van der Waals surface area contributed by atoms with Crippen molar-refractivity contribution in [3.63, 3.8) is 0 Å². The zero-order chi connectivity index (χ0) is 13.4. The average molecular weight is 317 g/mol. The van der Waals surface area contributed by atoms with E-state index in [-0.39, 0.29) is 5.91 Å². The summed E-state index contributed by atoms with van der Waals surface area (Å²) >= 11 is 3.27. The third-order valence-corrected chi connectivity index (χ3v) is 2.54. The Labute approximate surface area is 115 Å². The minimum Gasteiger partial charge on any atom is -0.351 e. The Morgan fingerprint density at radius 3 is 2.61 bits per heavy atom. The lowest BCUT2D eigenvalue weighted by Crippen LogP contribution is -2.35. The van der Waals surface area contributed by atoms with Crippen LogP contribution in [0.25, 0.3) is 0 Å². The fourth-order valence-corrected chi connectivity index (χ4v) is 1.72. The Bertz CT molecular complexity index is 381. The molecule has 0 aromatic carbocycles. The summed E-state index contributed by atoms with van der Waals surface area (Å²) in [5, 5.41) is 2.75. The molecule has 0 saturated heterocycles. The SMILES string of the molecule is CCOC(CNC(=O)c1cncc(Br)c1)OCC.